The first kappa shape index (κ1) is 29.0. The SMILES string of the molecule is C=CC[C@H](C)[C@H](OC(=O)OCC(Cl)(Cl)Cl)[C@@H](C)C(=O)C(C)(C)[C@@H](OC)[C@H](C)C(=O)O. The third kappa shape index (κ3) is 8.61. The fourth-order valence-electron chi connectivity index (χ4n) is 3.52. The third-order valence-electron chi connectivity index (χ3n) is 5.04. The molecule has 0 aliphatic heterocycles. The van der Waals surface area contributed by atoms with E-state index in [0.29, 0.717) is 6.42 Å². The van der Waals surface area contributed by atoms with Gasteiger partial charge in [0.2, 0.25) is 3.79 Å². The van der Waals surface area contributed by atoms with Gasteiger partial charge in [-0.2, -0.15) is 0 Å². The molecule has 174 valence electrons. The van der Waals surface area contributed by atoms with Crippen molar-refractivity contribution in [2.24, 2.45) is 23.2 Å². The number of methoxy groups -OCH3 is 1. The van der Waals surface area contributed by atoms with E-state index in [1.54, 1.807) is 33.8 Å². The van der Waals surface area contributed by atoms with Crippen LogP contribution in [0.25, 0.3) is 0 Å². The number of Topliss-reactive ketones (excluding diaryl/α,β-unsaturated/α-hetero) is 1. The molecule has 0 aromatic carbocycles. The van der Waals surface area contributed by atoms with E-state index >= 15 is 0 Å². The molecule has 0 aliphatic rings. The first-order valence-corrected chi connectivity index (χ1v) is 10.5. The number of ketones is 1. The van der Waals surface area contributed by atoms with E-state index in [1.807, 2.05) is 0 Å². The van der Waals surface area contributed by atoms with Crippen LogP contribution in [0.5, 0.6) is 0 Å². The summed E-state index contributed by atoms with van der Waals surface area (Å²) >= 11 is 16.7. The fraction of sp³-hybridized carbons (Fsp3) is 0.750. The van der Waals surface area contributed by atoms with E-state index in [1.165, 1.54) is 14.0 Å². The van der Waals surface area contributed by atoms with Crippen molar-refractivity contribution >= 4 is 52.7 Å². The molecular weight excluding hydrogens is 459 g/mol. The van der Waals surface area contributed by atoms with E-state index < -0.39 is 52.0 Å². The second-order valence-electron chi connectivity index (χ2n) is 7.90. The Labute approximate surface area is 193 Å². The Morgan fingerprint density at radius 2 is 1.63 bits per heavy atom. The Balaban J connectivity index is 5.67. The Hall–Kier alpha value is -1.02. The van der Waals surface area contributed by atoms with Crippen LogP contribution in [-0.4, -0.2) is 52.7 Å². The van der Waals surface area contributed by atoms with E-state index in [-0.39, 0.29) is 11.7 Å². The van der Waals surface area contributed by atoms with Crippen molar-refractivity contribution in [2.75, 3.05) is 13.7 Å². The number of allylic oxidation sites excluding steroid dienone is 1. The highest BCUT2D eigenvalue weighted by atomic mass is 35.6. The lowest BCUT2D eigenvalue weighted by Gasteiger charge is -2.38. The van der Waals surface area contributed by atoms with Crippen molar-refractivity contribution in [2.45, 2.75) is 57.0 Å². The summed E-state index contributed by atoms with van der Waals surface area (Å²) in [5.41, 5.74) is -1.18. The van der Waals surface area contributed by atoms with E-state index in [9.17, 15) is 19.5 Å². The molecular formula is C20H31Cl3O7. The molecule has 0 bridgehead atoms. The highest BCUT2D eigenvalue weighted by Crippen LogP contribution is 2.36. The summed E-state index contributed by atoms with van der Waals surface area (Å²) in [6, 6.07) is 0. The fourth-order valence-corrected chi connectivity index (χ4v) is 3.69. The number of carboxylic acid groups (broad SMARTS) is 1. The van der Waals surface area contributed by atoms with Gasteiger partial charge in [-0.3, -0.25) is 9.59 Å². The summed E-state index contributed by atoms with van der Waals surface area (Å²) in [6.07, 6.45) is -0.756. The number of alkyl halides is 3. The molecule has 0 saturated heterocycles. The molecule has 0 heterocycles. The summed E-state index contributed by atoms with van der Waals surface area (Å²) in [4.78, 5) is 36.9. The molecule has 30 heavy (non-hydrogen) atoms. The molecule has 1 N–H and O–H groups in total. The molecule has 0 amide bonds. The van der Waals surface area contributed by atoms with Crippen molar-refractivity contribution in [3.63, 3.8) is 0 Å². The quantitative estimate of drug-likeness (QED) is 0.232. The summed E-state index contributed by atoms with van der Waals surface area (Å²) in [5.74, 6) is -3.42. The van der Waals surface area contributed by atoms with Crippen molar-refractivity contribution in [3.8, 4) is 0 Å². The van der Waals surface area contributed by atoms with E-state index in [2.05, 4.69) is 6.58 Å². The molecule has 0 rings (SSSR count). The summed E-state index contributed by atoms with van der Waals surface area (Å²) in [5, 5.41) is 9.36. The zero-order valence-electron chi connectivity index (χ0n) is 18.1. The Morgan fingerprint density at radius 3 is 2.03 bits per heavy atom. The third-order valence-corrected chi connectivity index (χ3v) is 5.36. The molecule has 0 aromatic rings. The van der Waals surface area contributed by atoms with E-state index in [4.69, 9.17) is 49.0 Å². The topological polar surface area (TPSA) is 99.1 Å². The Morgan fingerprint density at radius 1 is 1.10 bits per heavy atom. The van der Waals surface area contributed by atoms with Gasteiger partial charge in [-0.05, 0) is 19.3 Å². The second-order valence-corrected chi connectivity index (χ2v) is 10.4. The van der Waals surface area contributed by atoms with Crippen LogP contribution < -0.4 is 0 Å². The number of hydrogen-bond acceptors (Lipinski definition) is 6. The van der Waals surface area contributed by atoms with Crippen molar-refractivity contribution in [1.29, 1.82) is 0 Å². The number of carboxylic acids is 1. The standard InChI is InChI=1S/C20H31Cl3O7/c1-8-9-11(2)14(30-18(27)29-10-20(21,22)23)12(3)15(24)19(5,6)16(28-7)13(4)17(25)26/h8,11-14,16H,1,9-10H2,2-7H3,(H,25,26)/t11-,12+,13-,14-,16-/m0/s1. The maximum atomic E-state index is 13.3. The maximum Gasteiger partial charge on any atom is 0.508 e. The highest BCUT2D eigenvalue weighted by Gasteiger charge is 2.47. The van der Waals surface area contributed by atoms with Gasteiger partial charge in [-0.25, -0.2) is 4.79 Å². The first-order chi connectivity index (χ1) is 13.6. The monoisotopic (exact) mass is 488 g/mol. The molecule has 10 heteroatoms. The number of carbonyl (C=O) groups excluding carboxylic acids is 2. The van der Waals surface area contributed by atoms with Crippen LogP contribution in [0, 0.1) is 23.2 Å². The van der Waals surface area contributed by atoms with Crippen molar-refractivity contribution in [3.05, 3.63) is 12.7 Å². The predicted molar refractivity (Wildman–Crippen MR) is 116 cm³/mol. The summed E-state index contributed by atoms with van der Waals surface area (Å²) in [7, 11) is 1.35. The average Bonchev–Trinajstić information content (AvgIpc) is 2.62. The molecule has 0 unspecified atom stereocenters. The molecule has 0 radical (unpaired) electrons. The molecule has 0 saturated carbocycles. The van der Waals surface area contributed by atoms with Gasteiger partial charge in [-0.1, -0.05) is 68.6 Å². The number of aliphatic carboxylic acids is 1. The average molecular weight is 490 g/mol. The normalized spacial score (nSPS) is 17.2. The zero-order valence-corrected chi connectivity index (χ0v) is 20.4. The minimum Gasteiger partial charge on any atom is -0.481 e. The Bertz CT molecular complexity index is 616. The van der Waals surface area contributed by atoms with Crippen LogP contribution in [0.2, 0.25) is 0 Å². The smallest absolute Gasteiger partial charge is 0.481 e. The minimum absolute atomic E-state index is 0.282. The number of carbonyl (C=O) groups is 3. The largest absolute Gasteiger partial charge is 0.508 e. The van der Waals surface area contributed by atoms with Crippen LogP contribution in [0.1, 0.15) is 41.0 Å². The number of halogens is 3. The zero-order chi connectivity index (χ0) is 23.9. The van der Waals surface area contributed by atoms with Gasteiger partial charge < -0.3 is 19.3 Å². The van der Waals surface area contributed by atoms with Crippen molar-refractivity contribution < 1.29 is 33.7 Å². The lowest BCUT2D eigenvalue weighted by molar-refractivity contribution is -0.156. The van der Waals surface area contributed by atoms with Crippen LogP contribution in [0.3, 0.4) is 0 Å². The number of hydrogen-bond donors (Lipinski definition) is 1. The number of rotatable bonds is 12. The van der Waals surface area contributed by atoms with Crippen LogP contribution in [0.15, 0.2) is 12.7 Å². The second kappa shape index (κ2) is 12.1. The maximum absolute atomic E-state index is 13.3. The van der Waals surface area contributed by atoms with Gasteiger partial charge in [0.15, 0.2) is 0 Å². The van der Waals surface area contributed by atoms with Crippen molar-refractivity contribution in [1.82, 2.24) is 0 Å². The lowest BCUT2D eigenvalue weighted by Crippen LogP contribution is -2.50. The van der Waals surface area contributed by atoms with Gasteiger partial charge in [0.05, 0.1) is 23.4 Å². The Kier molecular flexibility index (Phi) is 11.7. The summed E-state index contributed by atoms with van der Waals surface area (Å²) in [6.45, 7) is 11.2. The van der Waals surface area contributed by atoms with Gasteiger partial charge in [0.25, 0.3) is 0 Å². The first-order valence-electron chi connectivity index (χ1n) is 9.41. The predicted octanol–water partition coefficient (Wildman–Crippen LogP) is 5.06. The molecule has 7 nitrogen and oxygen atoms in total. The number of ether oxygens (including phenoxy) is 3. The minimum atomic E-state index is -1.80. The van der Waals surface area contributed by atoms with Gasteiger partial charge in [-0.15, -0.1) is 6.58 Å². The molecule has 0 aliphatic carbocycles. The van der Waals surface area contributed by atoms with E-state index in [0.717, 1.165) is 0 Å². The molecule has 0 spiro atoms. The molecule has 0 fully saturated rings. The summed E-state index contributed by atoms with van der Waals surface area (Å²) < 4.78 is 13.8. The van der Waals surface area contributed by atoms with Gasteiger partial charge >= 0.3 is 12.1 Å². The highest BCUT2D eigenvalue weighted by molar-refractivity contribution is 6.67. The van der Waals surface area contributed by atoms with Crippen LogP contribution >= 0.6 is 34.8 Å². The lowest BCUT2D eigenvalue weighted by atomic mass is 9.71. The van der Waals surface area contributed by atoms with Gasteiger partial charge in [0.1, 0.15) is 18.5 Å². The van der Waals surface area contributed by atoms with Gasteiger partial charge in [0, 0.05) is 7.11 Å². The van der Waals surface area contributed by atoms with Crippen LogP contribution in [-0.2, 0) is 23.8 Å². The molecule has 5 atom stereocenters. The van der Waals surface area contributed by atoms with Crippen LogP contribution in [0.4, 0.5) is 4.79 Å². The molecule has 0 aromatic heterocycles.